The van der Waals surface area contributed by atoms with E-state index >= 15 is 0 Å². The number of rotatable bonds is 5. The zero-order chi connectivity index (χ0) is 8.85. The molecule has 0 aromatic carbocycles. The maximum Gasteiger partial charge on any atom is 0.0667 e. The first-order chi connectivity index (χ1) is 5.13. The summed E-state index contributed by atoms with van der Waals surface area (Å²) in [7, 11) is 2.07. The molecular formula is C9H21NO. The van der Waals surface area contributed by atoms with Gasteiger partial charge in [0.1, 0.15) is 0 Å². The number of aliphatic hydroxyl groups excluding tert-OH is 1. The van der Waals surface area contributed by atoms with Crippen LogP contribution in [-0.2, 0) is 0 Å². The highest BCUT2D eigenvalue weighted by Gasteiger charge is 2.16. The van der Waals surface area contributed by atoms with Crippen LogP contribution in [0.4, 0.5) is 0 Å². The second kappa shape index (κ2) is 5.56. The van der Waals surface area contributed by atoms with E-state index in [0.717, 1.165) is 19.4 Å². The minimum absolute atomic E-state index is 0.212. The van der Waals surface area contributed by atoms with Crippen LogP contribution in [0.2, 0.25) is 0 Å². The maximum atomic E-state index is 9.37. The summed E-state index contributed by atoms with van der Waals surface area (Å²) in [5.41, 5.74) is 0. The van der Waals surface area contributed by atoms with Crippen molar-refractivity contribution in [2.45, 2.75) is 45.8 Å². The third-order valence-corrected chi connectivity index (χ3v) is 2.12. The first-order valence-electron chi connectivity index (χ1n) is 4.51. The zero-order valence-electron chi connectivity index (χ0n) is 8.17. The number of nitrogens with zero attached hydrogens (tertiary/aromatic N) is 1. The predicted molar refractivity (Wildman–Crippen MR) is 48.7 cm³/mol. The summed E-state index contributed by atoms with van der Waals surface area (Å²) < 4.78 is 0. The number of likely N-dealkylation sites (N-methyl/N-ethyl adjacent to an activating group) is 1. The molecule has 0 spiro atoms. The lowest BCUT2D eigenvalue weighted by Gasteiger charge is -2.28. The molecule has 0 aromatic heterocycles. The Morgan fingerprint density at radius 2 is 1.91 bits per heavy atom. The minimum Gasteiger partial charge on any atom is -0.392 e. The molecule has 2 atom stereocenters. The Morgan fingerprint density at radius 3 is 2.18 bits per heavy atom. The molecule has 0 bridgehead atoms. The normalized spacial score (nSPS) is 16.9. The molecule has 0 saturated heterocycles. The van der Waals surface area contributed by atoms with E-state index in [4.69, 9.17) is 0 Å². The molecule has 0 aliphatic carbocycles. The van der Waals surface area contributed by atoms with E-state index in [2.05, 4.69) is 25.8 Å². The molecule has 0 radical (unpaired) electrons. The highest BCUT2D eigenvalue weighted by atomic mass is 16.3. The van der Waals surface area contributed by atoms with Crippen LogP contribution in [0.15, 0.2) is 0 Å². The van der Waals surface area contributed by atoms with E-state index in [1.165, 1.54) is 0 Å². The molecule has 0 fully saturated rings. The number of hydrogen-bond acceptors (Lipinski definition) is 2. The molecule has 11 heavy (non-hydrogen) atoms. The highest BCUT2D eigenvalue weighted by Crippen LogP contribution is 2.06. The molecule has 0 aliphatic rings. The molecule has 0 heterocycles. The first-order valence-corrected chi connectivity index (χ1v) is 4.51. The van der Waals surface area contributed by atoms with Gasteiger partial charge in [0.15, 0.2) is 0 Å². The molecule has 2 unspecified atom stereocenters. The second-order valence-electron chi connectivity index (χ2n) is 3.20. The summed E-state index contributed by atoms with van der Waals surface area (Å²) in [6, 6.07) is 0.329. The zero-order valence-corrected chi connectivity index (χ0v) is 8.17. The van der Waals surface area contributed by atoms with Crippen molar-refractivity contribution in [2.24, 2.45) is 0 Å². The van der Waals surface area contributed by atoms with Crippen molar-refractivity contribution < 1.29 is 5.11 Å². The lowest BCUT2D eigenvalue weighted by atomic mass is 10.1. The van der Waals surface area contributed by atoms with Crippen molar-refractivity contribution >= 4 is 0 Å². The summed E-state index contributed by atoms with van der Waals surface area (Å²) in [6.07, 6.45) is 1.96. The van der Waals surface area contributed by atoms with Gasteiger partial charge in [0.05, 0.1) is 6.10 Å². The van der Waals surface area contributed by atoms with E-state index in [0.29, 0.717) is 6.04 Å². The average molecular weight is 159 g/mol. The van der Waals surface area contributed by atoms with Gasteiger partial charge in [-0.3, -0.25) is 0 Å². The lowest BCUT2D eigenvalue weighted by Crippen LogP contribution is -2.39. The van der Waals surface area contributed by atoms with Crippen LogP contribution in [0.1, 0.15) is 33.6 Å². The Hall–Kier alpha value is -0.0800. The van der Waals surface area contributed by atoms with Gasteiger partial charge in [-0.05, 0) is 33.4 Å². The van der Waals surface area contributed by atoms with Crippen LogP contribution in [0.25, 0.3) is 0 Å². The van der Waals surface area contributed by atoms with Crippen LogP contribution >= 0.6 is 0 Å². The van der Waals surface area contributed by atoms with Gasteiger partial charge in [0.25, 0.3) is 0 Å². The van der Waals surface area contributed by atoms with Crippen LogP contribution < -0.4 is 0 Å². The highest BCUT2D eigenvalue weighted by molar-refractivity contribution is 4.71. The summed E-state index contributed by atoms with van der Waals surface area (Å²) in [5.74, 6) is 0. The fourth-order valence-corrected chi connectivity index (χ4v) is 1.54. The summed E-state index contributed by atoms with van der Waals surface area (Å²) >= 11 is 0. The first kappa shape index (κ1) is 10.9. The van der Waals surface area contributed by atoms with Crippen LogP contribution in [0.3, 0.4) is 0 Å². The quantitative estimate of drug-likeness (QED) is 0.657. The second-order valence-corrected chi connectivity index (χ2v) is 3.20. The monoisotopic (exact) mass is 159 g/mol. The lowest BCUT2D eigenvalue weighted by molar-refractivity contribution is 0.0740. The standard InChI is InChI=1S/C9H21NO/c1-5-7-10(4)9(6-2)8(3)11/h8-9,11H,5-7H2,1-4H3. The fourth-order valence-electron chi connectivity index (χ4n) is 1.54. The SMILES string of the molecule is CCCN(C)C(CC)C(C)O. The Bertz CT molecular complexity index is 93.6. The number of hydrogen-bond donors (Lipinski definition) is 1. The van der Waals surface area contributed by atoms with Crippen molar-refractivity contribution in [3.8, 4) is 0 Å². The van der Waals surface area contributed by atoms with E-state index < -0.39 is 0 Å². The van der Waals surface area contributed by atoms with Crippen molar-refractivity contribution in [3.05, 3.63) is 0 Å². The third-order valence-electron chi connectivity index (χ3n) is 2.12. The average Bonchev–Trinajstić information content (AvgIpc) is 1.88. The van der Waals surface area contributed by atoms with E-state index in [-0.39, 0.29) is 6.10 Å². The van der Waals surface area contributed by atoms with Gasteiger partial charge in [-0.25, -0.2) is 0 Å². The molecule has 0 rings (SSSR count). The van der Waals surface area contributed by atoms with Crippen molar-refractivity contribution in [1.29, 1.82) is 0 Å². The number of aliphatic hydroxyl groups is 1. The van der Waals surface area contributed by atoms with E-state index in [1.54, 1.807) is 0 Å². The molecule has 2 nitrogen and oxygen atoms in total. The van der Waals surface area contributed by atoms with Gasteiger partial charge < -0.3 is 10.0 Å². The molecule has 1 N–H and O–H groups in total. The molecule has 0 saturated carbocycles. The van der Waals surface area contributed by atoms with E-state index in [1.807, 2.05) is 6.92 Å². The summed E-state index contributed by atoms with van der Waals surface area (Å²) in [6.45, 7) is 7.21. The largest absolute Gasteiger partial charge is 0.392 e. The van der Waals surface area contributed by atoms with E-state index in [9.17, 15) is 5.11 Å². The summed E-state index contributed by atoms with van der Waals surface area (Å²) in [4.78, 5) is 2.23. The third kappa shape index (κ3) is 3.73. The van der Waals surface area contributed by atoms with Crippen molar-refractivity contribution in [1.82, 2.24) is 4.90 Å². The maximum absolute atomic E-state index is 9.37. The Morgan fingerprint density at radius 1 is 1.36 bits per heavy atom. The Balaban J connectivity index is 3.81. The molecule has 0 aliphatic heterocycles. The van der Waals surface area contributed by atoms with Gasteiger partial charge in [-0.15, -0.1) is 0 Å². The summed E-state index contributed by atoms with van der Waals surface area (Å²) in [5, 5.41) is 9.37. The Kier molecular flexibility index (Phi) is 5.51. The predicted octanol–water partition coefficient (Wildman–Crippen LogP) is 1.49. The van der Waals surface area contributed by atoms with Gasteiger partial charge in [0, 0.05) is 6.04 Å². The molecular weight excluding hydrogens is 138 g/mol. The molecule has 68 valence electrons. The van der Waals surface area contributed by atoms with Crippen molar-refractivity contribution in [3.63, 3.8) is 0 Å². The molecule has 2 heteroatoms. The Labute approximate surface area is 70.2 Å². The van der Waals surface area contributed by atoms with Gasteiger partial charge in [0.2, 0.25) is 0 Å². The van der Waals surface area contributed by atoms with Crippen LogP contribution in [0, 0.1) is 0 Å². The van der Waals surface area contributed by atoms with Crippen molar-refractivity contribution in [2.75, 3.05) is 13.6 Å². The smallest absolute Gasteiger partial charge is 0.0667 e. The van der Waals surface area contributed by atoms with Gasteiger partial charge in [-0.2, -0.15) is 0 Å². The molecule has 0 amide bonds. The van der Waals surface area contributed by atoms with Crippen LogP contribution in [-0.4, -0.2) is 35.7 Å². The minimum atomic E-state index is -0.212. The van der Waals surface area contributed by atoms with Gasteiger partial charge >= 0.3 is 0 Å². The van der Waals surface area contributed by atoms with Gasteiger partial charge in [-0.1, -0.05) is 13.8 Å². The fraction of sp³-hybridized carbons (Fsp3) is 1.00. The van der Waals surface area contributed by atoms with Crippen LogP contribution in [0.5, 0.6) is 0 Å². The topological polar surface area (TPSA) is 23.5 Å². The molecule has 0 aromatic rings.